The summed E-state index contributed by atoms with van der Waals surface area (Å²) >= 11 is 12.9. The number of aromatic hydroxyl groups is 2. The molecule has 16 rings (SSSR count). The van der Waals surface area contributed by atoms with Crippen molar-refractivity contribution >= 4 is 166 Å². The number of ether oxygens (including phenoxy) is 7. The maximum Gasteiger partial charge on any atom is 0.266 e. The average Bonchev–Trinajstić information content (AvgIpc) is 1.79. The van der Waals surface area contributed by atoms with E-state index in [1.807, 2.05) is 231 Å². The summed E-state index contributed by atoms with van der Waals surface area (Å²) in [6.07, 6.45) is 10.6. The summed E-state index contributed by atoms with van der Waals surface area (Å²) in [5.74, 6) is 6.30. The molecule has 0 radical (unpaired) electrons. The van der Waals surface area contributed by atoms with E-state index in [1.165, 1.54) is 87.8 Å². The minimum absolute atomic E-state index is 0.0348. The first kappa shape index (κ1) is 93.3. The Labute approximate surface area is 756 Å². The van der Waals surface area contributed by atoms with Crippen molar-refractivity contribution in [1.82, 2.24) is 29.8 Å². The third-order valence-corrected chi connectivity index (χ3v) is 23.7. The molecule has 6 heterocycles. The highest BCUT2D eigenvalue weighted by Gasteiger charge is 2.33. The van der Waals surface area contributed by atoms with E-state index >= 15 is 0 Å². The predicted molar refractivity (Wildman–Crippen MR) is 520 cm³/mol. The van der Waals surface area contributed by atoms with Gasteiger partial charge in [-0.1, -0.05) is 172 Å². The molecule has 5 aromatic heterocycles. The number of para-hydroxylation sites is 1. The van der Waals surface area contributed by atoms with E-state index in [4.69, 9.17) is 45.4 Å². The molecule has 0 atom stereocenters. The summed E-state index contributed by atoms with van der Waals surface area (Å²) in [7, 11) is 8.07. The lowest BCUT2D eigenvalue weighted by Gasteiger charge is -2.11. The number of phenolic OH excluding ortho intramolecular Hbond substituents is 2. The number of amides is 1. The van der Waals surface area contributed by atoms with Gasteiger partial charge in [-0.15, -0.1) is 56.7 Å². The smallest absolute Gasteiger partial charge is 0.266 e. The Kier molecular flexibility index (Phi) is 32.9. The summed E-state index contributed by atoms with van der Waals surface area (Å²) in [4.78, 5) is 96.8. The molecule has 0 unspecified atom stereocenters. The van der Waals surface area contributed by atoms with Crippen LogP contribution in [-0.2, 0) is 9.59 Å². The lowest BCUT2D eigenvalue weighted by atomic mass is 9.99. The highest BCUT2D eigenvalue weighted by molar-refractivity contribution is 8.26. The van der Waals surface area contributed by atoms with Gasteiger partial charge in [0, 0.05) is 16.7 Å². The van der Waals surface area contributed by atoms with Gasteiger partial charge in [0.25, 0.3) is 33.7 Å². The molecule has 1 aliphatic rings. The Morgan fingerprint density at radius 3 is 1.28 bits per heavy atom. The van der Waals surface area contributed by atoms with E-state index in [9.17, 15) is 43.8 Å². The van der Waals surface area contributed by atoms with Crippen LogP contribution in [0.15, 0.2) is 259 Å². The van der Waals surface area contributed by atoms with Crippen LogP contribution in [0.1, 0.15) is 45.9 Å². The quantitative estimate of drug-likeness (QED) is 0.0292. The number of thioether (sulfide) groups is 1. The zero-order valence-electron chi connectivity index (χ0n) is 69.6. The number of H-pyrrole nitrogens is 5. The SMILES string of the molecule is C=c1[nH]c(=O)/c(=C/c2cc(C)ccc2O)s1.C=c1[nH]c(=O)/c(=C/c2ccc(-c3cccc(OC)c3)cc2)s1.C=c1[nH]c(=O)/c(=C/c2cccc(Oc3ccc(OC)cc3)c2)s1.C=c1[nH]c(=O)/c(=C/c2ccccc2-c2ccc(OC)cc2)s1.C=c1[nH]c(=O)/c(=C/c2ccccc2Oc2ccc(OC)cc2)s1.COc1ccc(O)c(/C=C2\SC(=S)N(CC(C)=O)C2=O)c1. The number of hydrogen-bond donors (Lipinski definition) is 7. The van der Waals surface area contributed by atoms with E-state index in [0.29, 0.717) is 89.3 Å². The molecule has 1 aliphatic heterocycles. The highest BCUT2D eigenvalue weighted by Crippen LogP contribution is 2.36. The van der Waals surface area contributed by atoms with Crippen LogP contribution < -0.4 is 107 Å². The van der Waals surface area contributed by atoms with Gasteiger partial charge in [-0.3, -0.25) is 38.5 Å². The van der Waals surface area contributed by atoms with Gasteiger partial charge in [0.05, 0.1) is 93.0 Å². The fraction of sp³-hybridized carbons (Fsp3) is 0.0816. The zero-order valence-corrected chi connectivity index (χ0v) is 75.3. The average molecular weight is 1830 g/mol. The second kappa shape index (κ2) is 44.8. The normalized spacial score (nSPS) is 12.4. The van der Waals surface area contributed by atoms with Crippen molar-refractivity contribution in [1.29, 1.82) is 0 Å². The number of aromatic amines is 5. The minimum Gasteiger partial charge on any atom is -0.507 e. The molecule has 0 spiro atoms. The van der Waals surface area contributed by atoms with Gasteiger partial charge in [0.2, 0.25) is 0 Å². The number of phenols is 2. The van der Waals surface area contributed by atoms with Gasteiger partial charge in [-0.2, -0.15) is 0 Å². The molecule has 22 nitrogen and oxygen atoms in total. The molecule has 1 saturated heterocycles. The van der Waals surface area contributed by atoms with Gasteiger partial charge in [-0.05, 0) is 211 Å². The number of nitrogens with zero attached hydrogens (tertiary/aromatic N) is 1. The van der Waals surface area contributed by atoms with Gasteiger partial charge in [0.15, 0.2) is 0 Å². The molecule has 0 saturated carbocycles. The third kappa shape index (κ3) is 26.8. The van der Waals surface area contributed by atoms with E-state index in [-0.39, 0.29) is 57.5 Å². The molecule has 1 amide bonds. The Morgan fingerprint density at radius 1 is 0.378 bits per heavy atom. The summed E-state index contributed by atoms with van der Waals surface area (Å²) < 4.78 is 44.2. The lowest BCUT2D eigenvalue weighted by Crippen LogP contribution is -2.32. The molecule has 127 heavy (non-hydrogen) atoms. The zero-order chi connectivity index (χ0) is 90.8. The van der Waals surface area contributed by atoms with E-state index < -0.39 is 0 Å². The first-order chi connectivity index (χ1) is 61.1. The molecule has 0 aliphatic carbocycles. The number of carbonyl (C=O) groups excluding carboxylic acids is 2. The second-order valence-electron chi connectivity index (χ2n) is 27.2. The van der Waals surface area contributed by atoms with Gasteiger partial charge >= 0.3 is 0 Å². The minimum atomic E-state index is -0.331. The first-order valence-corrected chi connectivity index (χ1v) is 43.6. The molecule has 7 N–H and O–H groups in total. The standard InChI is InChI=1S/2C18H15NO3S.2C18H15NO2S.C14H13NO4S2.C12H11NO2S/c1-12-19-18(20)17(23-12)11-13-4-3-5-16(10-13)22-15-8-6-14(21-2)7-9-15;1-12-19-18(20)17(23-12)11-13-5-3-4-6-16(13)22-15-9-7-14(21-2)8-10-15;1-12-19-18(20)17(22-12)10-13-6-8-14(9-7-13)15-4-3-5-16(11-15)21-2;1-12-19-18(20)17(22-12)11-14-5-3-4-6-16(14)13-7-9-15(21-2)10-8-13;1-8(16)7-15-13(18)12(21-14(15)20)6-9-5-10(19-2)3-4-11(9)17;1-7-3-4-10(14)9(5-7)6-11-12(15)13-8(2)16-11/h2*3-11H,1H2,2H3,(H,19,20);2*3-11H,1H2,2H3,(H,19,20);3-6,17H,7H2,1-2H3;3-6,14H,2H2,1H3,(H,13,15)/b2*17-11-;17-10-;17-11-;12-6-;11-6-. The fourth-order valence-electron chi connectivity index (χ4n) is 11.9. The maximum absolute atomic E-state index is 12.2. The summed E-state index contributed by atoms with van der Waals surface area (Å²) in [6.45, 7) is 22.0. The third-order valence-electron chi connectivity index (χ3n) is 18.0. The Hall–Kier alpha value is -14.4. The fourth-order valence-corrected chi connectivity index (χ4v) is 16.8. The number of rotatable bonds is 19. The molecule has 10 aromatic carbocycles. The number of ketones is 1. The number of Topliss-reactive ketones (excluding diaryl/α,β-unsaturated/α-hetero) is 1. The monoisotopic (exact) mass is 1820 g/mol. The molecule has 0 bridgehead atoms. The van der Waals surface area contributed by atoms with Crippen molar-refractivity contribution in [2.75, 3.05) is 42.1 Å². The maximum atomic E-state index is 12.2. The summed E-state index contributed by atoms with van der Waals surface area (Å²) in [6, 6.07) is 71.7. The van der Waals surface area contributed by atoms with Gasteiger partial charge in [-0.25, -0.2) is 0 Å². The molecular weight excluding hydrogens is 1740 g/mol. The first-order valence-electron chi connectivity index (χ1n) is 38.3. The van der Waals surface area contributed by atoms with Crippen LogP contribution in [0.4, 0.5) is 0 Å². The number of aryl methyl sites for hydroxylation is 1. The van der Waals surface area contributed by atoms with Gasteiger partial charge < -0.3 is 68.3 Å². The largest absolute Gasteiger partial charge is 0.507 e. The molecule has 29 heteroatoms. The number of carbonyl (C=O) groups is 2. The summed E-state index contributed by atoms with van der Waals surface area (Å²) in [5, 5.41) is 19.5. The van der Waals surface area contributed by atoms with Crippen LogP contribution in [-0.4, -0.2) is 98.1 Å². The van der Waals surface area contributed by atoms with Crippen molar-refractivity contribution in [3.63, 3.8) is 0 Å². The lowest BCUT2D eigenvalue weighted by molar-refractivity contribution is -0.126. The number of thiocarbonyl (C=S) groups is 1. The van der Waals surface area contributed by atoms with Crippen LogP contribution in [0.2, 0.25) is 0 Å². The van der Waals surface area contributed by atoms with Crippen LogP contribution in [0, 0.1) is 6.92 Å². The number of benzene rings is 10. The van der Waals surface area contributed by atoms with Crippen molar-refractivity contribution in [2.45, 2.75) is 13.8 Å². The molecule has 1 fully saturated rings. The van der Waals surface area contributed by atoms with Crippen molar-refractivity contribution in [2.24, 2.45) is 0 Å². The molecular formula is C98H84N6O16S7. The number of nitrogens with one attached hydrogen (secondary N) is 5. The van der Waals surface area contributed by atoms with Crippen LogP contribution in [0.25, 0.3) is 91.6 Å². The Bertz CT molecular complexity index is 7450. The van der Waals surface area contributed by atoms with E-state index in [1.54, 1.807) is 58.8 Å². The van der Waals surface area contributed by atoms with Crippen molar-refractivity contribution < 1.29 is 53.0 Å². The van der Waals surface area contributed by atoms with E-state index in [2.05, 4.69) is 57.8 Å². The molecule has 15 aromatic rings. The Balaban J connectivity index is 0.000000148. The predicted octanol–water partition coefficient (Wildman–Crippen LogP) is 12.5. The summed E-state index contributed by atoms with van der Waals surface area (Å²) in [5.41, 5.74) is 9.57. The van der Waals surface area contributed by atoms with Gasteiger partial charge in [0.1, 0.15) is 73.3 Å². The van der Waals surface area contributed by atoms with E-state index in [0.717, 1.165) is 90.6 Å². The number of aromatic nitrogens is 5. The van der Waals surface area contributed by atoms with Crippen molar-refractivity contribution in [3.05, 3.63) is 372 Å². The highest BCUT2D eigenvalue weighted by atomic mass is 32.2. The van der Waals surface area contributed by atoms with Crippen LogP contribution in [0.3, 0.4) is 0 Å². The number of methoxy groups -OCH3 is 5. The van der Waals surface area contributed by atoms with Crippen LogP contribution in [0.5, 0.6) is 63.2 Å². The Morgan fingerprint density at radius 2 is 0.780 bits per heavy atom. The van der Waals surface area contributed by atoms with Crippen LogP contribution >= 0.6 is 80.7 Å². The second-order valence-corrected chi connectivity index (χ2v) is 34.6. The number of hydrogen-bond acceptors (Lipinski definition) is 23. The van der Waals surface area contributed by atoms with Crippen molar-refractivity contribution in [3.8, 4) is 85.5 Å². The topological polar surface area (TPSA) is 307 Å². The number of thiazole rings is 5. The molecule has 644 valence electrons.